The summed E-state index contributed by atoms with van der Waals surface area (Å²) in [6, 6.07) is 0. The lowest BCUT2D eigenvalue weighted by Gasteiger charge is -2.28. The average Bonchev–Trinajstić information content (AvgIpc) is 2.67. The van der Waals surface area contributed by atoms with E-state index in [1.54, 1.807) is 0 Å². The Bertz CT molecular complexity index is 243. The third-order valence-electron chi connectivity index (χ3n) is 6.51. The van der Waals surface area contributed by atoms with Crippen molar-refractivity contribution in [3.05, 3.63) is 0 Å². The van der Waals surface area contributed by atoms with Crippen LogP contribution in [0.25, 0.3) is 0 Å². The molecule has 0 spiro atoms. The summed E-state index contributed by atoms with van der Waals surface area (Å²) < 4.78 is 0. The van der Waals surface area contributed by atoms with Gasteiger partial charge < -0.3 is 10.2 Å². The molecule has 2 N–H and O–H groups in total. The van der Waals surface area contributed by atoms with Crippen LogP contribution in [0, 0.1) is 11.8 Å². The van der Waals surface area contributed by atoms with E-state index < -0.39 is 0 Å². The molecule has 26 heavy (non-hydrogen) atoms. The molecule has 0 aliphatic heterocycles. The van der Waals surface area contributed by atoms with E-state index in [0.717, 1.165) is 24.7 Å². The molecule has 0 saturated heterocycles. The predicted octanol–water partition coefficient (Wildman–Crippen LogP) is 7.02. The number of rotatable bonds is 18. The van der Waals surface area contributed by atoms with Crippen LogP contribution < -0.4 is 0 Å². The van der Waals surface area contributed by atoms with Gasteiger partial charge in [-0.05, 0) is 24.7 Å². The predicted molar refractivity (Wildman–Crippen MR) is 113 cm³/mol. The van der Waals surface area contributed by atoms with Gasteiger partial charge in [-0.3, -0.25) is 0 Å². The van der Waals surface area contributed by atoms with Gasteiger partial charge in [0.05, 0.1) is 0 Å². The molecular formula is C24H48O2. The maximum absolute atomic E-state index is 8.77. The Morgan fingerprint density at radius 3 is 0.962 bits per heavy atom. The molecule has 0 aromatic heterocycles. The van der Waals surface area contributed by atoms with E-state index in [1.807, 2.05) is 0 Å². The zero-order chi connectivity index (χ0) is 18.7. The monoisotopic (exact) mass is 368 g/mol. The fourth-order valence-electron chi connectivity index (χ4n) is 4.67. The molecule has 1 fully saturated rings. The molecule has 0 unspecified atom stereocenters. The number of aliphatic hydroxyl groups is 2. The van der Waals surface area contributed by atoms with E-state index >= 15 is 0 Å². The van der Waals surface area contributed by atoms with Gasteiger partial charge in [0.1, 0.15) is 0 Å². The normalized spacial score (nSPS) is 20.5. The molecule has 0 amide bonds. The first-order valence-corrected chi connectivity index (χ1v) is 12.1. The van der Waals surface area contributed by atoms with Crippen LogP contribution in [0.4, 0.5) is 0 Å². The highest BCUT2D eigenvalue weighted by Gasteiger charge is 2.20. The fraction of sp³-hybridized carbons (Fsp3) is 1.00. The summed E-state index contributed by atoms with van der Waals surface area (Å²) in [6.07, 6.45) is 27.3. The minimum absolute atomic E-state index is 0.369. The highest BCUT2D eigenvalue weighted by Crippen LogP contribution is 2.34. The van der Waals surface area contributed by atoms with Crippen LogP contribution in [0.1, 0.15) is 128 Å². The van der Waals surface area contributed by atoms with Gasteiger partial charge in [0.2, 0.25) is 0 Å². The van der Waals surface area contributed by atoms with Gasteiger partial charge in [0, 0.05) is 13.2 Å². The van der Waals surface area contributed by atoms with Gasteiger partial charge in [0.15, 0.2) is 0 Å². The van der Waals surface area contributed by atoms with Gasteiger partial charge in [-0.25, -0.2) is 0 Å². The number of aliphatic hydroxyl groups excluding tert-OH is 2. The zero-order valence-electron chi connectivity index (χ0n) is 17.6. The molecule has 0 radical (unpaired) electrons. The summed E-state index contributed by atoms with van der Waals surface area (Å²) >= 11 is 0. The first-order valence-electron chi connectivity index (χ1n) is 12.1. The van der Waals surface area contributed by atoms with Crippen LogP contribution >= 0.6 is 0 Å². The van der Waals surface area contributed by atoms with Crippen molar-refractivity contribution in [2.24, 2.45) is 11.8 Å². The SMILES string of the molecule is OCCCCCCCCCC1CCC(CCCCCCCCCO)CC1. The van der Waals surface area contributed by atoms with Crippen molar-refractivity contribution >= 4 is 0 Å². The van der Waals surface area contributed by atoms with Crippen LogP contribution in [-0.2, 0) is 0 Å². The highest BCUT2D eigenvalue weighted by atomic mass is 16.3. The first kappa shape index (κ1) is 24.0. The van der Waals surface area contributed by atoms with Crippen molar-refractivity contribution in [3.8, 4) is 0 Å². The molecule has 2 heteroatoms. The van der Waals surface area contributed by atoms with Crippen molar-refractivity contribution in [2.45, 2.75) is 128 Å². The van der Waals surface area contributed by atoms with Crippen LogP contribution in [-0.4, -0.2) is 23.4 Å². The minimum Gasteiger partial charge on any atom is -0.396 e. The molecule has 0 aromatic carbocycles. The van der Waals surface area contributed by atoms with Crippen molar-refractivity contribution in [1.82, 2.24) is 0 Å². The van der Waals surface area contributed by atoms with E-state index in [0.29, 0.717) is 13.2 Å². The topological polar surface area (TPSA) is 40.5 Å². The molecular weight excluding hydrogens is 320 g/mol. The smallest absolute Gasteiger partial charge is 0.0431 e. The third-order valence-corrected chi connectivity index (χ3v) is 6.51. The van der Waals surface area contributed by atoms with Crippen molar-refractivity contribution in [1.29, 1.82) is 0 Å². The zero-order valence-corrected chi connectivity index (χ0v) is 17.6. The van der Waals surface area contributed by atoms with Crippen LogP contribution in [0.3, 0.4) is 0 Å². The van der Waals surface area contributed by atoms with Gasteiger partial charge >= 0.3 is 0 Å². The first-order chi connectivity index (χ1) is 12.9. The second-order valence-corrected chi connectivity index (χ2v) is 8.86. The fourth-order valence-corrected chi connectivity index (χ4v) is 4.67. The van der Waals surface area contributed by atoms with Crippen LogP contribution in [0.15, 0.2) is 0 Å². The second-order valence-electron chi connectivity index (χ2n) is 8.86. The van der Waals surface area contributed by atoms with Crippen molar-refractivity contribution < 1.29 is 10.2 Å². The molecule has 0 heterocycles. The Labute approximate surface area is 164 Å². The Hall–Kier alpha value is -0.0800. The molecule has 156 valence electrons. The van der Waals surface area contributed by atoms with E-state index in [-0.39, 0.29) is 0 Å². The molecule has 0 aromatic rings. The Morgan fingerprint density at radius 1 is 0.385 bits per heavy atom. The van der Waals surface area contributed by atoms with Crippen molar-refractivity contribution in [3.63, 3.8) is 0 Å². The van der Waals surface area contributed by atoms with Gasteiger partial charge in [-0.1, -0.05) is 116 Å². The molecule has 1 aliphatic carbocycles. The van der Waals surface area contributed by atoms with E-state index in [2.05, 4.69) is 0 Å². The van der Waals surface area contributed by atoms with E-state index in [4.69, 9.17) is 10.2 Å². The number of unbranched alkanes of at least 4 members (excludes halogenated alkanes) is 12. The standard InChI is InChI=1S/C24H48O2/c25-21-13-9-5-1-3-7-11-15-23-17-19-24(20-18-23)16-12-8-4-2-6-10-14-22-26/h23-26H,1-22H2. The molecule has 0 atom stereocenters. The second kappa shape index (κ2) is 18.3. The van der Waals surface area contributed by atoms with Crippen LogP contribution in [0.5, 0.6) is 0 Å². The maximum atomic E-state index is 8.77. The largest absolute Gasteiger partial charge is 0.396 e. The third kappa shape index (κ3) is 14.0. The molecule has 1 saturated carbocycles. The summed E-state index contributed by atoms with van der Waals surface area (Å²) in [5, 5.41) is 17.5. The van der Waals surface area contributed by atoms with Gasteiger partial charge in [-0.15, -0.1) is 0 Å². The molecule has 1 rings (SSSR count). The quantitative estimate of drug-likeness (QED) is 0.255. The summed E-state index contributed by atoms with van der Waals surface area (Å²) in [5.74, 6) is 2.07. The molecule has 1 aliphatic rings. The van der Waals surface area contributed by atoms with Gasteiger partial charge in [-0.2, -0.15) is 0 Å². The average molecular weight is 369 g/mol. The van der Waals surface area contributed by atoms with E-state index in [9.17, 15) is 0 Å². The van der Waals surface area contributed by atoms with Gasteiger partial charge in [0.25, 0.3) is 0 Å². The summed E-state index contributed by atoms with van der Waals surface area (Å²) in [5.41, 5.74) is 0. The summed E-state index contributed by atoms with van der Waals surface area (Å²) in [4.78, 5) is 0. The lowest BCUT2D eigenvalue weighted by atomic mass is 9.78. The van der Waals surface area contributed by atoms with Crippen LogP contribution in [0.2, 0.25) is 0 Å². The minimum atomic E-state index is 0.369. The maximum Gasteiger partial charge on any atom is 0.0431 e. The lowest BCUT2D eigenvalue weighted by Crippen LogP contribution is -2.14. The lowest BCUT2D eigenvalue weighted by molar-refractivity contribution is 0.244. The summed E-state index contributed by atoms with van der Waals surface area (Å²) in [6.45, 7) is 0.738. The Kier molecular flexibility index (Phi) is 16.9. The van der Waals surface area contributed by atoms with E-state index in [1.165, 1.54) is 116 Å². The highest BCUT2D eigenvalue weighted by molar-refractivity contribution is 4.73. The molecule has 0 bridgehead atoms. The molecule has 2 nitrogen and oxygen atoms in total. The van der Waals surface area contributed by atoms with Crippen molar-refractivity contribution in [2.75, 3.05) is 13.2 Å². The Balaban J connectivity index is 1.83. The summed E-state index contributed by atoms with van der Waals surface area (Å²) in [7, 11) is 0. The number of hydrogen-bond donors (Lipinski definition) is 2. The Morgan fingerprint density at radius 2 is 0.654 bits per heavy atom. The number of hydrogen-bond acceptors (Lipinski definition) is 2.